The zero-order chi connectivity index (χ0) is 16.3. The highest BCUT2D eigenvalue weighted by molar-refractivity contribution is 5.95. The number of nitrogens with one attached hydrogen (secondary N) is 1. The molecule has 0 saturated heterocycles. The molecule has 1 heterocycles. The molecule has 0 radical (unpaired) electrons. The van der Waals surface area contributed by atoms with Gasteiger partial charge < -0.3 is 15.0 Å². The molecule has 5 heteroatoms. The van der Waals surface area contributed by atoms with Crippen LogP contribution >= 0.6 is 0 Å². The van der Waals surface area contributed by atoms with Crippen molar-refractivity contribution in [3.8, 4) is 0 Å². The third-order valence-corrected chi connectivity index (χ3v) is 3.45. The first-order valence-electron chi connectivity index (χ1n) is 7.12. The molecule has 2 aromatic rings. The van der Waals surface area contributed by atoms with Crippen LogP contribution in [0.25, 0.3) is 10.9 Å². The van der Waals surface area contributed by atoms with Crippen LogP contribution in [-0.4, -0.2) is 21.6 Å². The normalized spacial score (nSPS) is 12.1. The molecule has 1 aromatic heterocycles. The molecule has 22 heavy (non-hydrogen) atoms. The summed E-state index contributed by atoms with van der Waals surface area (Å²) in [7, 11) is 0. The van der Waals surface area contributed by atoms with Gasteiger partial charge in [0.25, 0.3) is 0 Å². The largest absolute Gasteiger partial charge is 0.480 e. The Morgan fingerprint density at radius 1 is 1.36 bits per heavy atom. The number of benzene rings is 1. The third-order valence-electron chi connectivity index (χ3n) is 3.45. The fourth-order valence-corrected chi connectivity index (χ4v) is 2.44. The van der Waals surface area contributed by atoms with Gasteiger partial charge in [0.2, 0.25) is 5.91 Å². The average Bonchev–Trinajstić information content (AvgIpc) is 2.79. The number of fused-ring (bicyclic) bond motifs is 1. The first-order chi connectivity index (χ1) is 10.4. The monoisotopic (exact) mass is 300 g/mol. The summed E-state index contributed by atoms with van der Waals surface area (Å²) in [5, 5.41) is 12.6. The number of rotatable bonds is 6. The molecule has 0 aliphatic rings. The quantitative estimate of drug-likeness (QED) is 0.804. The second kappa shape index (κ2) is 6.47. The lowest BCUT2D eigenvalue weighted by atomic mass is 10.0. The Kier molecular flexibility index (Phi) is 4.65. The molecule has 0 fully saturated rings. The van der Waals surface area contributed by atoms with E-state index in [1.165, 1.54) is 0 Å². The maximum Gasteiger partial charge on any atom is 0.323 e. The minimum atomic E-state index is -0.886. The summed E-state index contributed by atoms with van der Waals surface area (Å²) in [4.78, 5) is 22.9. The summed E-state index contributed by atoms with van der Waals surface area (Å²) in [6.07, 6.45) is 2.39. The van der Waals surface area contributed by atoms with Gasteiger partial charge in [0.05, 0.1) is 0 Å². The van der Waals surface area contributed by atoms with E-state index >= 15 is 0 Å². The van der Waals surface area contributed by atoms with Crippen LogP contribution in [0.3, 0.4) is 0 Å². The Morgan fingerprint density at radius 2 is 2.09 bits per heavy atom. The molecule has 1 aromatic carbocycles. The number of hydrogen-bond donors (Lipinski definition) is 2. The smallest absolute Gasteiger partial charge is 0.323 e. The standard InChI is InChI=1S/C17H20N2O3/c1-11(2)8-12(3)17(22)18-14-4-5-15-13(9-14)6-7-19(15)10-16(20)21/h4-7,9,12H,1,8,10H2,2-3H3,(H,18,22)(H,20,21). The first-order valence-corrected chi connectivity index (χ1v) is 7.12. The predicted octanol–water partition coefficient (Wildman–Crippen LogP) is 3.27. The summed E-state index contributed by atoms with van der Waals surface area (Å²) in [6, 6.07) is 7.29. The van der Waals surface area contributed by atoms with E-state index in [4.69, 9.17) is 5.11 Å². The number of anilines is 1. The van der Waals surface area contributed by atoms with Gasteiger partial charge in [-0.2, -0.15) is 0 Å². The van der Waals surface area contributed by atoms with Gasteiger partial charge >= 0.3 is 5.97 Å². The highest BCUT2D eigenvalue weighted by atomic mass is 16.4. The van der Waals surface area contributed by atoms with Gasteiger partial charge in [-0.3, -0.25) is 9.59 Å². The van der Waals surface area contributed by atoms with Crippen molar-refractivity contribution in [3.05, 3.63) is 42.6 Å². The van der Waals surface area contributed by atoms with E-state index in [1.54, 1.807) is 16.8 Å². The molecule has 2 N–H and O–H groups in total. The zero-order valence-electron chi connectivity index (χ0n) is 12.8. The van der Waals surface area contributed by atoms with Crippen LogP contribution in [0.4, 0.5) is 5.69 Å². The number of nitrogens with zero attached hydrogens (tertiary/aromatic N) is 1. The Bertz CT molecular complexity index is 731. The van der Waals surface area contributed by atoms with Crippen LogP contribution in [0.1, 0.15) is 20.3 Å². The molecular weight excluding hydrogens is 280 g/mol. The molecule has 0 aliphatic carbocycles. The number of amides is 1. The molecule has 1 unspecified atom stereocenters. The lowest BCUT2D eigenvalue weighted by Gasteiger charge is -2.12. The molecule has 116 valence electrons. The zero-order valence-corrected chi connectivity index (χ0v) is 12.8. The Balaban J connectivity index is 2.15. The lowest BCUT2D eigenvalue weighted by Crippen LogP contribution is -2.20. The second-order valence-electron chi connectivity index (χ2n) is 5.66. The van der Waals surface area contributed by atoms with Crippen LogP contribution < -0.4 is 5.32 Å². The van der Waals surface area contributed by atoms with E-state index in [0.29, 0.717) is 12.1 Å². The maximum atomic E-state index is 12.1. The summed E-state index contributed by atoms with van der Waals surface area (Å²) < 4.78 is 1.66. The van der Waals surface area contributed by atoms with E-state index in [-0.39, 0.29) is 18.4 Å². The van der Waals surface area contributed by atoms with Crippen molar-refractivity contribution < 1.29 is 14.7 Å². The average molecular weight is 300 g/mol. The molecule has 0 saturated carbocycles. The number of carboxylic acid groups (broad SMARTS) is 1. The minimum Gasteiger partial charge on any atom is -0.480 e. The number of aromatic nitrogens is 1. The number of carbonyl (C=O) groups excluding carboxylic acids is 1. The van der Waals surface area contributed by atoms with Crippen molar-refractivity contribution in [2.24, 2.45) is 5.92 Å². The Morgan fingerprint density at radius 3 is 2.73 bits per heavy atom. The van der Waals surface area contributed by atoms with Crippen molar-refractivity contribution in [2.75, 3.05) is 5.32 Å². The summed E-state index contributed by atoms with van der Waals surface area (Å²) >= 11 is 0. The molecular formula is C17H20N2O3. The molecule has 0 spiro atoms. The third kappa shape index (κ3) is 3.75. The van der Waals surface area contributed by atoms with Gasteiger partial charge in [0.1, 0.15) is 6.54 Å². The number of aliphatic carboxylic acids is 1. The molecule has 2 rings (SSSR count). The first kappa shape index (κ1) is 15.8. The van der Waals surface area contributed by atoms with Crippen molar-refractivity contribution in [2.45, 2.75) is 26.8 Å². The van der Waals surface area contributed by atoms with Crippen LogP contribution in [0.15, 0.2) is 42.6 Å². The maximum absolute atomic E-state index is 12.1. The molecule has 5 nitrogen and oxygen atoms in total. The van der Waals surface area contributed by atoms with Gasteiger partial charge in [0.15, 0.2) is 0 Å². The minimum absolute atomic E-state index is 0.0488. The molecule has 1 atom stereocenters. The van der Waals surface area contributed by atoms with Crippen LogP contribution in [-0.2, 0) is 16.1 Å². The van der Waals surface area contributed by atoms with Gasteiger partial charge in [-0.1, -0.05) is 12.5 Å². The fourth-order valence-electron chi connectivity index (χ4n) is 2.44. The van der Waals surface area contributed by atoms with Crippen LogP contribution in [0, 0.1) is 5.92 Å². The topological polar surface area (TPSA) is 71.3 Å². The summed E-state index contributed by atoms with van der Waals surface area (Å²) in [6.45, 7) is 7.51. The van der Waals surface area contributed by atoms with Gasteiger partial charge in [-0.25, -0.2) is 0 Å². The van der Waals surface area contributed by atoms with Crippen LogP contribution in [0.2, 0.25) is 0 Å². The van der Waals surface area contributed by atoms with E-state index < -0.39 is 5.97 Å². The number of carboxylic acids is 1. The Labute approximate surface area is 129 Å². The van der Waals surface area contributed by atoms with Gasteiger partial charge in [0, 0.05) is 28.7 Å². The van der Waals surface area contributed by atoms with E-state index in [1.807, 2.05) is 32.0 Å². The number of carbonyl (C=O) groups is 2. The number of allylic oxidation sites excluding steroid dienone is 1. The SMILES string of the molecule is C=C(C)CC(C)C(=O)Nc1ccc2c(ccn2CC(=O)O)c1. The summed E-state index contributed by atoms with van der Waals surface area (Å²) in [5.41, 5.74) is 2.51. The van der Waals surface area contributed by atoms with E-state index in [9.17, 15) is 9.59 Å². The van der Waals surface area contributed by atoms with Crippen molar-refractivity contribution >= 4 is 28.5 Å². The van der Waals surface area contributed by atoms with Crippen LogP contribution in [0.5, 0.6) is 0 Å². The molecule has 0 aliphatic heterocycles. The fraction of sp³-hybridized carbons (Fsp3) is 0.294. The van der Waals surface area contributed by atoms with Gasteiger partial charge in [-0.05, 0) is 37.6 Å². The van der Waals surface area contributed by atoms with E-state index in [2.05, 4.69) is 11.9 Å². The number of hydrogen-bond acceptors (Lipinski definition) is 2. The van der Waals surface area contributed by atoms with Crippen molar-refractivity contribution in [3.63, 3.8) is 0 Å². The second-order valence-corrected chi connectivity index (χ2v) is 5.66. The molecule has 1 amide bonds. The highest BCUT2D eigenvalue weighted by Crippen LogP contribution is 2.21. The lowest BCUT2D eigenvalue weighted by molar-refractivity contribution is -0.137. The predicted molar refractivity (Wildman–Crippen MR) is 86.8 cm³/mol. The van der Waals surface area contributed by atoms with Crippen molar-refractivity contribution in [1.82, 2.24) is 4.57 Å². The van der Waals surface area contributed by atoms with E-state index in [0.717, 1.165) is 16.5 Å². The van der Waals surface area contributed by atoms with Gasteiger partial charge in [-0.15, -0.1) is 6.58 Å². The Hall–Kier alpha value is -2.56. The van der Waals surface area contributed by atoms with Crippen molar-refractivity contribution in [1.29, 1.82) is 0 Å². The highest BCUT2D eigenvalue weighted by Gasteiger charge is 2.13. The summed E-state index contributed by atoms with van der Waals surface area (Å²) in [5.74, 6) is -1.07. The molecule has 0 bridgehead atoms.